The Balaban J connectivity index is 2.05. The molecule has 23 heavy (non-hydrogen) atoms. The molecule has 0 saturated heterocycles. The Bertz CT molecular complexity index is 861. The third-order valence-corrected chi connectivity index (χ3v) is 4.29. The number of ketones is 2. The second-order valence-electron chi connectivity index (χ2n) is 5.54. The minimum Gasteiger partial charge on any atom is -0.398 e. The van der Waals surface area contributed by atoms with Gasteiger partial charge in [0.15, 0.2) is 0 Å². The van der Waals surface area contributed by atoms with Crippen molar-refractivity contribution in [2.24, 2.45) is 0 Å². The fraction of sp³-hybridized carbons (Fsp3) is 0.111. The van der Waals surface area contributed by atoms with E-state index in [9.17, 15) is 9.59 Å². The molecule has 1 aliphatic rings. The Hall–Kier alpha value is -2.59. The molecule has 3 N–H and O–H groups in total. The number of hydrogen-bond acceptors (Lipinski definition) is 4. The molecule has 1 aliphatic carbocycles. The molecule has 0 unspecified atom stereocenters. The number of anilines is 2. The first kappa shape index (κ1) is 15.3. The summed E-state index contributed by atoms with van der Waals surface area (Å²) >= 11 is 6.14. The fourth-order valence-electron chi connectivity index (χ4n) is 2.65. The Labute approximate surface area is 138 Å². The highest BCUT2D eigenvalue weighted by molar-refractivity contribution is 6.50. The van der Waals surface area contributed by atoms with Crippen LogP contribution >= 0.6 is 11.6 Å². The smallest absolute Gasteiger partial charge is 0.211 e. The Kier molecular flexibility index (Phi) is 3.70. The van der Waals surface area contributed by atoms with Gasteiger partial charge in [-0.25, -0.2) is 0 Å². The average molecular weight is 327 g/mol. The molecule has 0 aliphatic heterocycles. The SMILES string of the molecule is Cc1cc(NC2=C(Cl)C(=O)c3ccccc3C2=O)cc(C)c1N. The predicted molar refractivity (Wildman–Crippen MR) is 91.9 cm³/mol. The molecule has 0 atom stereocenters. The molecular weight excluding hydrogens is 312 g/mol. The Morgan fingerprint density at radius 1 is 0.957 bits per heavy atom. The molecular formula is C18H15ClN2O2. The number of hydrogen-bond donors (Lipinski definition) is 2. The molecule has 0 heterocycles. The van der Waals surface area contributed by atoms with Crippen LogP contribution in [0, 0.1) is 13.8 Å². The van der Waals surface area contributed by atoms with Crippen LogP contribution in [0.5, 0.6) is 0 Å². The van der Waals surface area contributed by atoms with Gasteiger partial charge in [0.1, 0.15) is 10.7 Å². The maximum atomic E-state index is 12.6. The van der Waals surface area contributed by atoms with Gasteiger partial charge < -0.3 is 11.1 Å². The number of fused-ring (bicyclic) bond motifs is 1. The number of Topliss-reactive ketones (excluding diaryl/α,β-unsaturated/α-hetero) is 2. The minimum atomic E-state index is -0.353. The zero-order chi connectivity index (χ0) is 16.7. The van der Waals surface area contributed by atoms with Crippen molar-refractivity contribution in [3.63, 3.8) is 0 Å². The summed E-state index contributed by atoms with van der Waals surface area (Å²) in [6, 6.07) is 10.3. The zero-order valence-electron chi connectivity index (χ0n) is 12.7. The standard InChI is InChI=1S/C18H15ClN2O2/c1-9-7-11(8-10(2)15(9)20)21-16-14(19)17(22)12-5-3-4-6-13(12)18(16)23/h3-8,21H,20H2,1-2H3. The number of nitrogens with one attached hydrogen (secondary N) is 1. The highest BCUT2D eigenvalue weighted by Gasteiger charge is 2.31. The summed E-state index contributed by atoms with van der Waals surface area (Å²) in [6.45, 7) is 3.76. The third-order valence-electron chi connectivity index (χ3n) is 3.93. The van der Waals surface area contributed by atoms with Gasteiger partial charge in [-0.3, -0.25) is 9.59 Å². The Morgan fingerprint density at radius 3 is 2.04 bits per heavy atom. The molecule has 2 aromatic carbocycles. The monoisotopic (exact) mass is 326 g/mol. The van der Waals surface area contributed by atoms with E-state index in [-0.39, 0.29) is 22.3 Å². The van der Waals surface area contributed by atoms with Crippen molar-refractivity contribution in [3.05, 3.63) is 69.4 Å². The van der Waals surface area contributed by atoms with Crippen molar-refractivity contribution in [1.29, 1.82) is 0 Å². The van der Waals surface area contributed by atoms with Crippen molar-refractivity contribution in [2.75, 3.05) is 11.1 Å². The summed E-state index contributed by atoms with van der Waals surface area (Å²) in [4.78, 5) is 25.0. The molecule has 0 amide bonds. The topological polar surface area (TPSA) is 72.2 Å². The summed E-state index contributed by atoms with van der Waals surface area (Å²) < 4.78 is 0. The van der Waals surface area contributed by atoms with Crippen molar-refractivity contribution >= 4 is 34.5 Å². The van der Waals surface area contributed by atoms with E-state index in [0.29, 0.717) is 22.5 Å². The van der Waals surface area contributed by atoms with Gasteiger partial charge in [0.25, 0.3) is 0 Å². The minimum absolute atomic E-state index is 0.0962. The number of benzene rings is 2. The van der Waals surface area contributed by atoms with E-state index in [2.05, 4.69) is 5.32 Å². The van der Waals surface area contributed by atoms with Gasteiger partial charge in [-0.2, -0.15) is 0 Å². The molecule has 2 aromatic rings. The number of halogens is 1. The van der Waals surface area contributed by atoms with Gasteiger partial charge in [-0.05, 0) is 37.1 Å². The third kappa shape index (κ3) is 2.51. The largest absolute Gasteiger partial charge is 0.398 e. The highest BCUT2D eigenvalue weighted by atomic mass is 35.5. The normalized spacial score (nSPS) is 14.0. The number of carbonyl (C=O) groups is 2. The first-order valence-electron chi connectivity index (χ1n) is 7.12. The number of nitrogen functional groups attached to an aromatic ring is 1. The van der Waals surface area contributed by atoms with E-state index in [1.54, 1.807) is 24.3 Å². The number of carbonyl (C=O) groups excluding carboxylic acids is 2. The van der Waals surface area contributed by atoms with Crippen LogP contribution in [0.15, 0.2) is 47.1 Å². The van der Waals surface area contributed by atoms with Gasteiger partial charge in [0.2, 0.25) is 11.6 Å². The lowest BCUT2D eigenvalue weighted by Crippen LogP contribution is -2.24. The van der Waals surface area contributed by atoms with Gasteiger partial charge >= 0.3 is 0 Å². The quantitative estimate of drug-likeness (QED) is 0.823. The number of aryl methyl sites for hydroxylation is 2. The van der Waals surface area contributed by atoms with E-state index in [1.807, 2.05) is 26.0 Å². The second-order valence-corrected chi connectivity index (χ2v) is 5.92. The van der Waals surface area contributed by atoms with Crippen LogP contribution in [0.2, 0.25) is 0 Å². The lowest BCUT2D eigenvalue weighted by Gasteiger charge is -2.19. The van der Waals surface area contributed by atoms with Crippen molar-refractivity contribution in [3.8, 4) is 0 Å². The van der Waals surface area contributed by atoms with E-state index in [4.69, 9.17) is 17.3 Å². The average Bonchev–Trinajstić information content (AvgIpc) is 2.54. The van der Waals surface area contributed by atoms with Crippen LogP contribution in [0.1, 0.15) is 31.8 Å². The number of rotatable bonds is 2. The molecule has 0 saturated carbocycles. The van der Waals surface area contributed by atoms with E-state index >= 15 is 0 Å². The van der Waals surface area contributed by atoms with E-state index < -0.39 is 0 Å². The van der Waals surface area contributed by atoms with Crippen molar-refractivity contribution in [1.82, 2.24) is 0 Å². The molecule has 0 bridgehead atoms. The van der Waals surface area contributed by atoms with E-state index in [1.165, 1.54) is 0 Å². The van der Waals surface area contributed by atoms with Crippen molar-refractivity contribution < 1.29 is 9.59 Å². The second kappa shape index (κ2) is 5.56. The predicted octanol–water partition coefficient (Wildman–Crippen LogP) is 3.83. The summed E-state index contributed by atoms with van der Waals surface area (Å²) in [5, 5.41) is 2.89. The molecule has 3 rings (SSSR count). The van der Waals surface area contributed by atoms with E-state index in [0.717, 1.165) is 11.1 Å². The molecule has 0 spiro atoms. The molecule has 5 heteroatoms. The summed E-state index contributed by atoms with van der Waals surface area (Å²) in [6.07, 6.45) is 0. The molecule has 4 nitrogen and oxygen atoms in total. The van der Waals surface area contributed by atoms with Gasteiger partial charge in [-0.1, -0.05) is 35.9 Å². The maximum absolute atomic E-state index is 12.6. The number of nitrogens with two attached hydrogens (primary N) is 1. The van der Waals surface area contributed by atoms with Gasteiger partial charge in [-0.15, -0.1) is 0 Å². The first-order valence-corrected chi connectivity index (χ1v) is 7.50. The van der Waals surface area contributed by atoms with Gasteiger partial charge in [0, 0.05) is 22.5 Å². The van der Waals surface area contributed by atoms with Gasteiger partial charge in [0.05, 0.1) is 0 Å². The first-order chi connectivity index (χ1) is 10.9. The summed E-state index contributed by atoms with van der Waals surface area (Å²) in [5.41, 5.74) is 9.87. The van der Waals surface area contributed by atoms with Crippen LogP contribution in [-0.4, -0.2) is 11.6 Å². The van der Waals surface area contributed by atoms with Crippen LogP contribution in [0.3, 0.4) is 0 Å². The Morgan fingerprint density at radius 2 is 1.48 bits per heavy atom. The lowest BCUT2D eigenvalue weighted by atomic mass is 9.92. The number of allylic oxidation sites excluding steroid dienone is 2. The summed E-state index contributed by atoms with van der Waals surface area (Å²) in [5.74, 6) is -0.648. The molecule has 116 valence electrons. The maximum Gasteiger partial charge on any atom is 0.211 e. The molecule has 0 fully saturated rings. The fourth-order valence-corrected chi connectivity index (χ4v) is 2.88. The highest BCUT2D eigenvalue weighted by Crippen LogP contribution is 2.30. The zero-order valence-corrected chi connectivity index (χ0v) is 13.5. The molecule has 0 aromatic heterocycles. The van der Waals surface area contributed by atoms with Crippen LogP contribution < -0.4 is 11.1 Å². The summed E-state index contributed by atoms with van der Waals surface area (Å²) in [7, 11) is 0. The lowest BCUT2D eigenvalue weighted by molar-refractivity contribution is 0.0982. The molecule has 0 radical (unpaired) electrons. The van der Waals surface area contributed by atoms with Crippen LogP contribution in [0.25, 0.3) is 0 Å². The van der Waals surface area contributed by atoms with Crippen LogP contribution in [0.4, 0.5) is 11.4 Å². The van der Waals surface area contributed by atoms with Crippen molar-refractivity contribution in [2.45, 2.75) is 13.8 Å². The van der Waals surface area contributed by atoms with Crippen LogP contribution in [-0.2, 0) is 0 Å².